The third-order valence-corrected chi connectivity index (χ3v) is 6.33. The van der Waals surface area contributed by atoms with Crippen molar-refractivity contribution in [3.8, 4) is 0 Å². The van der Waals surface area contributed by atoms with Gasteiger partial charge in [-0.15, -0.1) is 0 Å². The van der Waals surface area contributed by atoms with Gasteiger partial charge in [-0.2, -0.15) is 0 Å². The molecule has 1 aromatic rings. The highest BCUT2D eigenvalue weighted by Gasteiger charge is 2.31. The summed E-state index contributed by atoms with van der Waals surface area (Å²) >= 11 is 0. The van der Waals surface area contributed by atoms with Crippen molar-refractivity contribution in [3.05, 3.63) is 29.8 Å². The third kappa shape index (κ3) is 4.76. The van der Waals surface area contributed by atoms with Crippen LogP contribution in [-0.4, -0.2) is 32.7 Å². The molecule has 5 nitrogen and oxygen atoms in total. The fraction of sp³-hybridized carbons (Fsp3) is 0.647. The molecule has 1 saturated carbocycles. The SMILES string of the molecule is CNS(=O)(=O)c1ccc([C@@H](C)NCC2(O)CCC(C)CC2)cc1. The average molecular weight is 340 g/mol. The van der Waals surface area contributed by atoms with Gasteiger partial charge in [0.25, 0.3) is 0 Å². The van der Waals surface area contributed by atoms with Crippen molar-refractivity contribution < 1.29 is 13.5 Å². The Morgan fingerprint density at radius 3 is 2.35 bits per heavy atom. The van der Waals surface area contributed by atoms with Gasteiger partial charge < -0.3 is 10.4 Å². The number of nitrogens with one attached hydrogen (secondary N) is 2. The molecule has 0 amide bonds. The second-order valence-electron chi connectivity index (χ2n) is 6.79. The highest BCUT2D eigenvalue weighted by Crippen LogP contribution is 2.31. The van der Waals surface area contributed by atoms with Gasteiger partial charge in [0.2, 0.25) is 10.0 Å². The lowest BCUT2D eigenvalue weighted by molar-refractivity contribution is -0.00783. The van der Waals surface area contributed by atoms with Crippen LogP contribution in [0, 0.1) is 5.92 Å². The van der Waals surface area contributed by atoms with Crippen molar-refractivity contribution in [2.24, 2.45) is 5.92 Å². The zero-order chi connectivity index (χ0) is 17.1. The molecule has 1 aliphatic rings. The second kappa shape index (κ2) is 7.30. The molecule has 0 bridgehead atoms. The summed E-state index contributed by atoms with van der Waals surface area (Å²) in [7, 11) is -1.99. The van der Waals surface area contributed by atoms with Gasteiger partial charge in [0.05, 0.1) is 10.5 Å². The van der Waals surface area contributed by atoms with Crippen LogP contribution in [0.3, 0.4) is 0 Å². The summed E-state index contributed by atoms with van der Waals surface area (Å²) in [5, 5.41) is 14.0. The number of aliphatic hydroxyl groups is 1. The minimum absolute atomic E-state index is 0.0599. The van der Waals surface area contributed by atoms with Crippen LogP contribution in [0.25, 0.3) is 0 Å². The molecule has 0 saturated heterocycles. The Kier molecular flexibility index (Phi) is 5.84. The fourth-order valence-electron chi connectivity index (χ4n) is 2.99. The lowest BCUT2D eigenvalue weighted by Crippen LogP contribution is -2.44. The standard InChI is InChI=1S/C17H28N2O3S/c1-13-8-10-17(20,11-9-13)12-19-14(2)15-4-6-16(7-5-15)23(21,22)18-3/h4-7,13-14,18-20H,8-12H2,1-3H3/t13?,14-,17?/m1/s1. The van der Waals surface area contributed by atoms with Crippen LogP contribution < -0.4 is 10.0 Å². The predicted molar refractivity (Wildman–Crippen MR) is 91.7 cm³/mol. The van der Waals surface area contributed by atoms with Crippen LogP contribution in [0.1, 0.15) is 51.1 Å². The third-order valence-electron chi connectivity index (χ3n) is 4.90. The molecule has 23 heavy (non-hydrogen) atoms. The van der Waals surface area contributed by atoms with Gasteiger partial charge in [0, 0.05) is 12.6 Å². The summed E-state index contributed by atoms with van der Waals surface area (Å²) in [5.74, 6) is 0.703. The molecule has 0 heterocycles. The second-order valence-corrected chi connectivity index (χ2v) is 8.67. The molecule has 3 N–H and O–H groups in total. The van der Waals surface area contributed by atoms with E-state index >= 15 is 0 Å². The molecule has 1 aliphatic carbocycles. The van der Waals surface area contributed by atoms with E-state index in [9.17, 15) is 13.5 Å². The van der Waals surface area contributed by atoms with E-state index in [4.69, 9.17) is 0 Å². The van der Waals surface area contributed by atoms with E-state index in [1.165, 1.54) is 7.05 Å². The average Bonchev–Trinajstić information content (AvgIpc) is 2.56. The number of sulfonamides is 1. The van der Waals surface area contributed by atoms with E-state index in [0.29, 0.717) is 12.5 Å². The first-order chi connectivity index (χ1) is 10.8. The number of benzene rings is 1. The molecular formula is C17H28N2O3S. The van der Waals surface area contributed by atoms with Gasteiger partial charge in [-0.3, -0.25) is 0 Å². The summed E-state index contributed by atoms with van der Waals surface area (Å²) in [6.45, 7) is 4.82. The normalized spacial score (nSPS) is 26.9. The minimum Gasteiger partial charge on any atom is -0.389 e. The Morgan fingerprint density at radius 2 is 1.83 bits per heavy atom. The molecule has 0 unspecified atom stereocenters. The Hall–Kier alpha value is -0.950. The highest BCUT2D eigenvalue weighted by atomic mass is 32.2. The first-order valence-corrected chi connectivity index (χ1v) is 9.73. The van der Waals surface area contributed by atoms with Crippen molar-refractivity contribution in [2.45, 2.75) is 56.1 Å². The van der Waals surface area contributed by atoms with Crippen molar-refractivity contribution in [1.82, 2.24) is 10.0 Å². The van der Waals surface area contributed by atoms with Crippen LogP contribution in [0.2, 0.25) is 0 Å². The van der Waals surface area contributed by atoms with Gasteiger partial charge in [-0.1, -0.05) is 19.1 Å². The highest BCUT2D eigenvalue weighted by molar-refractivity contribution is 7.89. The van der Waals surface area contributed by atoms with Gasteiger partial charge >= 0.3 is 0 Å². The molecule has 0 spiro atoms. The largest absolute Gasteiger partial charge is 0.389 e. The predicted octanol–water partition coefficient (Wildman–Crippen LogP) is 2.19. The van der Waals surface area contributed by atoms with Gasteiger partial charge in [-0.05, 0) is 63.3 Å². The molecule has 2 rings (SSSR count). The minimum atomic E-state index is -3.40. The smallest absolute Gasteiger partial charge is 0.240 e. The maximum absolute atomic E-state index is 11.7. The van der Waals surface area contributed by atoms with Crippen molar-refractivity contribution in [2.75, 3.05) is 13.6 Å². The maximum atomic E-state index is 11.7. The summed E-state index contributed by atoms with van der Waals surface area (Å²) in [6.07, 6.45) is 3.83. The summed E-state index contributed by atoms with van der Waals surface area (Å²) in [4.78, 5) is 0.260. The fourth-order valence-corrected chi connectivity index (χ4v) is 3.72. The quantitative estimate of drug-likeness (QED) is 0.742. The van der Waals surface area contributed by atoms with E-state index in [-0.39, 0.29) is 10.9 Å². The Bertz CT molecular complexity index is 605. The molecule has 1 fully saturated rings. The van der Waals surface area contributed by atoms with Gasteiger partial charge in [0.15, 0.2) is 0 Å². The van der Waals surface area contributed by atoms with E-state index in [2.05, 4.69) is 17.0 Å². The maximum Gasteiger partial charge on any atom is 0.240 e. The van der Waals surface area contributed by atoms with Gasteiger partial charge in [0.1, 0.15) is 0 Å². The van der Waals surface area contributed by atoms with E-state index in [1.807, 2.05) is 19.1 Å². The lowest BCUT2D eigenvalue weighted by atomic mass is 9.79. The van der Waals surface area contributed by atoms with Crippen LogP contribution in [0.5, 0.6) is 0 Å². The summed E-state index contributed by atoms with van der Waals surface area (Å²) < 4.78 is 25.8. The topological polar surface area (TPSA) is 78.4 Å². The molecule has 1 atom stereocenters. The molecule has 6 heteroatoms. The van der Waals surface area contributed by atoms with Crippen molar-refractivity contribution in [3.63, 3.8) is 0 Å². The Balaban J connectivity index is 1.94. The first kappa shape index (κ1) is 18.4. The first-order valence-electron chi connectivity index (χ1n) is 8.25. The molecule has 130 valence electrons. The Labute approximate surface area is 139 Å². The number of hydrogen-bond acceptors (Lipinski definition) is 4. The number of rotatable bonds is 6. The van der Waals surface area contributed by atoms with Crippen LogP contribution in [0.4, 0.5) is 0 Å². The summed E-state index contributed by atoms with van der Waals surface area (Å²) in [5.41, 5.74) is 0.392. The Morgan fingerprint density at radius 1 is 1.26 bits per heavy atom. The van der Waals surface area contributed by atoms with Crippen molar-refractivity contribution in [1.29, 1.82) is 0 Å². The van der Waals surface area contributed by atoms with Crippen LogP contribution in [-0.2, 0) is 10.0 Å². The lowest BCUT2D eigenvalue weighted by Gasteiger charge is -2.36. The molecule has 1 aromatic carbocycles. The van der Waals surface area contributed by atoms with E-state index in [0.717, 1.165) is 31.2 Å². The molecular weight excluding hydrogens is 312 g/mol. The van der Waals surface area contributed by atoms with Crippen LogP contribution >= 0.6 is 0 Å². The molecule has 0 aromatic heterocycles. The van der Waals surface area contributed by atoms with Crippen molar-refractivity contribution >= 4 is 10.0 Å². The summed E-state index contributed by atoms with van der Waals surface area (Å²) in [6, 6.07) is 6.90. The number of hydrogen-bond donors (Lipinski definition) is 3. The molecule has 0 aliphatic heterocycles. The van der Waals surface area contributed by atoms with E-state index < -0.39 is 15.6 Å². The van der Waals surface area contributed by atoms with Gasteiger partial charge in [-0.25, -0.2) is 13.1 Å². The van der Waals surface area contributed by atoms with Crippen LogP contribution in [0.15, 0.2) is 29.2 Å². The monoisotopic (exact) mass is 340 g/mol. The van der Waals surface area contributed by atoms with E-state index in [1.54, 1.807) is 12.1 Å². The molecule has 0 radical (unpaired) electrons. The zero-order valence-electron chi connectivity index (χ0n) is 14.2. The zero-order valence-corrected chi connectivity index (χ0v) is 15.0.